The molecule has 65 heavy (non-hydrogen) atoms. The van der Waals surface area contributed by atoms with Gasteiger partial charge in [-0.3, -0.25) is 38.8 Å². The quantitative estimate of drug-likeness (QED) is 0.0584. The highest BCUT2D eigenvalue weighted by atomic mass is 19.4. The van der Waals surface area contributed by atoms with Crippen molar-refractivity contribution in [2.24, 2.45) is 5.73 Å². The highest BCUT2D eigenvalue weighted by Gasteiger charge is 2.40. The molecule has 3 aromatic heterocycles. The predicted molar refractivity (Wildman–Crippen MR) is 224 cm³/mol. The zero-order valence-electron chi connectivity index (χ0n) is 34.8. The molecule has 3 aliphatic rings. The average molecular weight is 904 g/mol. The number of alkyl halides is 3. The molecule has 6 amide bonds. The van der Waals surface area contributed by atoms with Crippen LogP contribution in [0.2, 0.25) is 0 Å². The van der Waals surface area contributed by atoms with Gasteiger partial charge >= 0.3 is 6.18 Å². The van der Waals surface area contributed by atoms with Gasteiger partial charge < -0.3 is 45.8 Å². The van der Waals surface area contributed by atoms with E-state index in [9.17, 15) is 41.9 Å². The number of carbonyl (C=O) groups is 6. The molecule has 1 aliphatic carbocycles. The fraction of sp³-hybridized carbons (Fsp3) is 0.357. The Balaban J connectivity index is 0.811. The van der Waals surface area contributed by atoms with Crippen molar-refractivity contribution >= 4 is 52.6 Å². The first-order chi connectivity index (χ1) is 31.1. The van der Waals surface area contributed by atoms with Gasteiger partial charge in [0.1, 0.15) is 24.7 Å². The number of amides is 6. The van der Waals surface area contributed by atoms with E-state index >= 15 is 0 Å². The van der Waals surface area contributed by atoms with Crippen LogP contribution in [-0.4, -0.2) is 118 Å². The number of halogens is 3. The largest absolute Gasteiger partial charge is 0.444 e. The number of allylic oxidation sites excluding steroid dienone is 2. The Bertz CT molecular complexity index is 2550. The average Bonchev–Trinajstić information content (AvgIpc) is 4.03. The minimum Gasteiger partial charge on any atom is -0.444 e. The molecular weight excluding hydrogens is 860 g/mol. The summed E-state index contributed by atoms with van der Waals surface area (Å²) in [5, 5.41) is 17.4. The van der Waals surface area contributed by atoms with E-state index in [4.69, 9.17) is 19.6 Å². The molecule has 0 saturated carbocycles. The number of nitrogens with zero attached hydrogens (tertiary/aromatic N) is 5. The zero-order valence-corrected chi connectivity index (χ0v) is 34.8. The van der Waals surface area contributed by atoms with Crippen LogP contribution in [0.25, 0.3) is 11.5 Å². The summed E-state index contributed by atoms with van der Waals surface area (Å²) in [4.78, 5) is 84.9. The number of ether oxygens (including phenoxy) is 2. The third-order valence-electron chi connectivity index (χ3n) is 10.6. The Morgan fingerprint density at radius 2 is 1.82 bits per heavy atom. The maximum atomic E-state index is 13.2. The molecule has 4 aromatic rings. The number of anilines is 3. The van der Waals surface area contributed by atoms with Gasteiger partial charge in [-0.2, -0.15) is 18.3 Å². The number of nitrogens with two attached hydrogens (primary N) is 1. The van der Waals surface area contributed by atoms with Crippen LogP contribution >= 0.6 is 0 Å². The van der Waals surface area contributed by atoms with Crippen LogP contribution in [0, 0.1) is 0 Å². The third kappa shape index (κ3) is 11.0. The number of piperidine rings is 1. The number of primary amides is 1. The number of oxazole rings is 1. The van der Waals surface area contributed by atoms with Gasteiger partial charge in [0.15, 0.2) is 11.4 Å². The SMILES string of the molecule is CC1(n2cc(NC(=O)c3coc(-c4ccnc(NCC(F)(F)F)c4)n3)c(C(N)=O)n2)C=CC(C(=O)NCCOCCOCCNc2cccc3c2CN(C2CCC(=O)NC2=O)C3=O)=CC1. The molecule has 7 N–H and O–H groups in total. The first-order valence-electron chi connectivity index (χ1n) is 20.4. The molecule has 2 aliphatic heterocycles. The summed E-state index contributed by atoms with van der Waals surface area (Å²) in [5.41, 5.74) is 6.96. The molecule has 0 bridgehead atoms. The smallest absolute Gasteiger partial charge is 0.405 e. The maximum Gasteiger partial charge on any atom is 0.405 e. The van der Waals surface area contributed by atoms with E-state index in [1.165, 1.54) is 34.1 Å². The molecule has 1 fully saturated rings. The Morgan fingerprint density at radius 1 is 1.03 bits per heavy atom. The number of imide groups is 1. The number of hydrogen-bond donors (Lipinski definition) is 6. The van der Waals surface area contributed by atoms with Gasteiger partial charge in [0.2, 0.25) is 17.7 Å². The van der Waals surface area contributed by atoms with Gasteiger partial charge in [-0.15, -0.1) is 0 Å². The van der Waals surface area contributed by atoms with Crippen molar-refractivity contribution in [3.05, 3.63) is 95.3 Å². The number of fused-ring (bicyclic) bond motifs is 1. The van der Waals surface area contributed by atoms with Crippen LogP contribution in [0.1, 0.15) is 63.1 Å². The van der Waals surface area contributed by atoms with Crippen molar-refractivity contribution in [3.63, 3.8) is 0 Å². The molecule has 23 heteroatoms. The first kappa shape index (κ1) is 45.6. The van der Waals surface area contributed by atoms with Gasteiger partial charge in [0, 0.05) is 60.2 Å². The van der Waals surface area contributed by atoms with Crippen molar-refractivity contribution in [3.8, 4) is 11.5 Å². The molecular formula is C42H44F3N11O9. The van der Waals surface area contributed by atoms with Crippen LogP contribution in [0.5, 0.6) is 0 Å². The lowest BCUT2D eigenvalue weighted by Crippen LogP contribution is -2.52. The molecule has 7 rings (SSSR count). The Kier molecular flexibility index (Phi) is 13.7. The fourth-order valence-corrected chi connectivity index (χ4v) is 7.19. The van der Waals surface area contributed by atoms with Crippen LogP contribution in [-0.2, 0) is 35.9 Å². The van der Waals surface area contributed by atoms with E-state index < -0.39 is 42.0 Å². The van der Waals surface area contributed by atoms with Gasteiger partial charge in [-0.05, 0) is 44.0 Å². The molecule has 1 saturated heterocycles. The number of carbonyl (C=O) groups excluding carboxylic acids is 6. The molecule has 1 aromatic carbocycles. The van der Waals surface area contributed by atoms with Crippen molar-refractivity contribution in [2.45, 2.75) is 50.5 Å². The lowest BCUT2D eigenvalue weighted by molar-refractivity contribution is -0.137. The van der Waals surface area contributed by atoms with Gasteiger partial charge in [-0.25, -0.2) is 9.97 Å². The number of benzene rings is 1. The number of hydrogen-bond acceptors (Lipinski definition) is 14. The molecule has 342 valence electrons. The second kappa shape index (κ2) is 19.6. The predicted octanol–water partition coefficient (Wildman–Crippen LogP) is 2.88. The van der Waals surface area contributed by atoms with E-state index in [-0.39, 0.29) is 97.6 Å². The number of pyridine rings is 1. The Morgan fingerprint density at radius 3 is 2.54 bits per heavy atom. The summed E-state index contributed by atoms with van der Waals surface area (Å²) in [6, 6.07) is 7.36. The summed E-state index contributed by atoms with van der Waals surface area (Å²) in [6.45, 7) is 2.61. The van der Waals surface area contributed by atoms with Crippen LogP contribution < -0.4 is 32.3 Å². The minimum atomic E-state index is -4.46. The Hall–Kier alpha value is -7.40. The summed E-state index contributed by atoms with van der Waals surface area (Å²) in [6.07, 6.45) is 5.05. The van der Waals surface area contributed by atoms with Gasteiger partial charge in [-0.1, -0.05) is 24.3 Å². The van der Waals surface area contributed by atoms with Gasteiger partial charge in [0.05, 0.1) is 43.9 Å². The molecule has 20 nitrogen and oxygen atoms in total. The molecule has 2 atom stereocenters. The van der Waals surface area contributed by atoms with Crippen LogP contribution in [0.15, 0.2) is 77.2 Å². The molecule has 2 unspecified atom stereocenters. The minimum absolute atomic E-state index is 0.0193. The van der Waals surface area contributed by atoms with Crippen molar-refractivity contribution < 1.29 is 55.8 Å². The lowest BCUT2D eigenvalue weighted by atomic mass is 9.90. The van der Waals surface area contributed by atoms with Crippen molar-refractivity contribution in [1.29, 1.82) is 0 Å². The first-order valence-corrected chi connectivity index (χ1v) is 20.4. The number of aromatic nitrogens is 4. The van der Waals surface area contributed by atoms with Crippen LogP contribution in [0.4, 0.5) is 30.4 Å². The van der Waals surface area contributed by atoms with E-state index in [1.54, 1.807) is 37.3 Å². The summed E-state index contributed by atoms with van der Waals surface area (Å²) in [7, 11) is 0. The normalized spacial score (nSPS) is 18.2. The second-order valence-corrected chi connectivity index (χ2v) is 15.3. The monoisotopic (exact) mass is 903 g/mol. The lowest BCUT2D eigenvalue weighted by Gasteiger charge is -2.29. The number of nitrogens with one attached hydrogen (secondary N) is 5. The molecule has 5 heterocycles. The van der Waals surface area contributed by atoms with E-state index in [0.717, 1.165) is 17.5 Å². The molecule has 0 spiro atoms. The van der Waals surface area contributed by atoms with Crippen molar-refractivity contribution in [1.82, 2.24) is 35.3 Å². The highest BCUT2D eigenvalue weighted by Crippen LogP contribution is 2.33. The van der Waals surface area contributed by atoms with E-state index in [2.05, 4.69) is 41.7 Å². The van der Waals surface area contributed by atoms with Gasteiger partial charge in [0.25, 0.3) is 23.6 Å². The third-order valence-corrected chi connectivity index (χ3v) is 10.6. The maximum absolute atomic E-state index is 13.2. The summed E-state index contributed by atoms with van der Waals surface area (Å²) < 4.78 is 56.0. The fourth-order valence-electron chi connectivity index (χ4n) is 7.19. The number of rotatable bonds is 19. The molecule has 0 radical (unpaired) electrons. The van der Waals surface area contributed by atoms with E-state index in [1.807, 2.05) is 6.07 Å². The van der Waals surface area contributed by atoms with Crippen LogP contribution in [0.3, 0.4) is 0 Å². The second-order valence-electron chi connectivity index (χ2n) is 15.3. The van der Waals surface area contributed by atoms with E-state index in [0.29, 0.717) is 30.9 Å². The van der Waals surface area contributed by atoms with Crippen molar-refractivity contribution in [2.75, 3.05) is 62.0 Å². The topological polar surface area (TPSA) is 267 Å². The summed E-state index contributed by atoms with van der Waals surface area (Å²) >= 11 is 0. The standard InChI is InChI=1S/C42H44F3N11O9/c1-41(56-21-29(34(54-56)35(46)58)51-37(60)30-22-65-39(52-30)25-9-12-48-32(19-25)50-23-42(43,44)45)10-7-24(8-11-41)36(59)49-14-16-64-18-17-63-15-13-47-28-4-2-3-26-27(28)20-55(40(26)62)31-5-6-33(57)53-38(31)61/h2-4,7-10,12,19,21-22,31,47H,5-6,11,13-18,20,23H2,1H3,(H2,46,58)(H,48,50)(H,49,59)(H,51,60)(H,53,57,61). The summed E-state index contributed by atoms with van der Waals surface area (Å²) in [5.74, 6) is -3.24. The Labute approximate surface area is 368 Å². The zero-order chi connectivity index (χ0) is 46.3. The highest BCUT2D eigenvalue weighted by molar-refractivity contribution is 6.07.